The maximum absolute atomic E-state index is 3.90. The molecule has 0 radical (unpaired) electrons. The van der Waals surface area contributed by atoms with E-state index in [1.54, 1.807) is 0 Å². The van der Waals surface area contributed by atoms with E-state index in [-0.39, 0.29) is 0 Å². The zero-order valence-electron chi connectivity index (χ0n) is 30.2. The molecule has 9 rings (SSSR count). The Balaban J connectivity index is 1.40. The van der Waals surface area contributed by atoms with Crippen LogP contribution in [0.1, 0.15) is 67.3 Å². The molecule has 0 unspecified atom stereocenters. The highest BCUT2D eigenvalue weighted by Crippen LogP contribution is 2.29. The van der Waals surface area contributed by atoms with Crippen molar-refractivity contribution in [2.75, 3.05) is 0 Å². The SMILES string of the molecule is BrCc1ccc(C2=c3ccc([nH]3)=C(c3ccc(CBr)cc3)c3ccc([nH]3)C(c3ccc(CBr)cc3)=c3ccc([nH]3)=C(c3ccc(CBr)cc3)c3ccc2[nH]3)cc1. The lowest BCUT2D eigenvalue weighted by molar-refractivity contribution is 1.19. The van der Waals surface area contributed by atoms with Gasteiger partial charge in [0.15, 0.2) is 0 Å². The summed E-state index contributed by atoms with van der Waals surface area (Å²) in [6.45, 7) is 0. The average Bonchev–Trinajstić information content (AvgIpc) is 4.10. The number of alkyl halides is 4. The molecule has 8 heteroatoms. The van der Waals surface area contributed by atoms with Gasteiger partial charge in [-0.15, -0.1) is 0 Å². The van der Waals surface area contributed by atoms with Crippen molar-refractivity contribution in [3.63, 3.8) is 0 Å². The van der Waals surface area contributed by atoms with Gasteiger partial charge in [0.25, 0.3) is 0 Å². The third kappa shape index (κ3) is 7.13. The van der Waals surface area contributed by atoms with Crippen LogP contribution >= 0.6 is 63.7 Å². The minimum atomic E-state index is 0.803. The van der Waals surface area contributed by atoms with Crippen LogP contribution in [0, 0.1) is 0 Å². The highest BCUT2D eigenvalue weighted by atomic mass is 79.9. The van der Waals surface area contributed by atoms with Gasteiger partial charge in [-0.2, -0.15) is 0 Å². The Kier molecular flexibility index (Phi) is 10.6. The summed E-state index contributed by atoms with van der Waals surface area (Å²) in [5.41, 5.74) is 17.9. The summed E-state index contributed by atoms with van der Waals surface area (Å²) >= 11 is 14.6. The van der Waals surface area contributed by atoms with E-state index >= 15 is 0 Å². The minimum Gasteiger partial charge on any atom is -0.354 e. The third-order valence-electron chi connectivity index (χ3n) is 10.5. The Morgan fingerprint density at radius 3 is 0.661 bits per heavy atom. The zero-order chi connectivity index (χ0) is 38.2. The second kappa shape index (κ2) is 16.1. The summed E-state index contributed by atoms with van der Waals surface area (Å²) in [7, 11) is 0. The van der Waals surface area contributed by atoms with Crippen LogP contribution in [-0.2, 0) is 21.3 Å². The predicted octanol–water partition coefficient (Wildman–Crippen LogP) is 9.88. The van der Waals surface area contributed by atoms with Crippen LogP contribution in [0.5, 0.6) is 0 Å². The van der Waals surface area contributed by atoms with Crippen molar-refractivity contribution < 1.29 is 0 Å². The number of nitrogens with one attached hydrogen (secondary N) is 4. The molecule has 0 atom stereocenters. The Bertz CT molecular complexity index is 2530. The van der Waals surface area contributed by atoms with Gasteiger partial charge in [-0.25, -0.2) is 0 Å². The van der Waals surface area contributed by atoms with Gasteiger partial charge >= 0.3 is 0 Å². The first-order valence-electron chi connectivity index (χ1n) is 18.4. The van der Waals surface area contributed by atoms with E-state index in [9.17, 15) is 0 Å². The molecule has 1 aliphatic rings. The van der Waals surface area contributed by atoms with E-state index in [0.29, 0.717) is 0 Å². The number of rotatable bonds is 8. The molecule has 4 nitrogen and oxygen atoms in total. The average molecular weight is 988 g/mol. The molecule has 0 fully saturated rings. The number of benzene rings is 4. The third-order valence-corrected chi connectivity index (χ3v) is 13.1. The molecule has 56 heavy (non-hydrogen) atoms. The van der Waals surface area contributed by atoms with Gasteiger partial charge in [0, 0.05) is 87.8 Å². The number of fused-ring (bicyclic) bond motifs is 8. The first-order chi connectivity index (χ1) is 27.5. The quantitative estimate of drug-likeness (QED) is 0.110. The van der Waals surface area contributed by atoms with Crippen LogP contribution in [0.4, 0.5) is 0 Å². The summed E-state index contributed by atoms with van der Waals surface area (Å²) in [5, 5.41) is 7.32. The number of hydrogen-bond acceptors (Lipinski definition) is 0. The van der Waals surface area contributed by atoms with Crippen LogP contribution < -0.4 is 21.4 Å². The smallest absolute Gasteiger partial charge is 0.0485 e. The van der Waals surface area contributed by atoms with E-state index in [1.165, 1.54) is 22.3 Å². The van der Waals surface area contributed by atoms with Crippen molar-refractivity contribution in [1.82, 2.24) is 19.9 Å². The maximum atomic E-state index is 3.90. The topological polar surface area (TPSA) is 63.2 Å². The van der Waals surface area contributed by atoms with Crippen LogP contribution in [0.15, 0.2) is 146 Å². The van der Waals surface area contributed by atoms with Crippen molar-refractivity contribution in [1.29, 1.82) is 0 Å². The lowest BCUT2D eigenvalue weighted by Gasteiger charge is -2.11. The summed E-state index contributed by atoms with van der Waals surface area (Å²) < 4.78 is 0. The molecule has 0 amide bonds. The van der Waals surface area contributed by atoms with Crippen LogP contribution in [0.3, 0.4) is 0 Å². The van der Waals surface area contributed by atoms with Crippen molar-refractivity contribution in [3.05, 3.63) is 234 Å². The Hall–Kier alpha value is -4.60. The van der Waals surface area contributed by atoms with Crippen molar-refractivity contribution >= 4 is 86.0 Å². The monoisotopic (exact) mass is 984 g/mol. The molecule has 4 aromatic carbocycles. The molecule has 4 N–H and O–H groups in total. The van der Waals surface area contributed by atoms with E-state index in [4.69, 9.17) is 0 Å². The van der Waals surface area contributed by atoms with Crippen molar-refractivity contribution in [2.45, 2.75) is 21.3 Å². The Morgan fingerprint density at radius 1 is 0.250 bits per heavy atom. The Labute approximate surface area is 358 Å². The second-order valence-electron chi connectivity index (χ2n) is 14.0. The fraction of sp³-hybridized carbons (Fsp3) is 0.0833. The molecule has 8 aromatic rings. The fourth-order valence-electron chi connectivity index (χ4n) is 7.61. The molecule has 0 saturated carbocycles. The zero-order valence-corrected chi connectivity index (χ0v) is 36.5. The largest absolute Gasteiger partial charge is 0.354 e. The molecular formula is C48H36Br4N4. The van der Waals surface area contributed by atoms with Gasteiger partial charge in [0.1, 0.15) is 0 Å². The van der Waals surface area contributed by atoms with Gasteiger partial charge in [-0.1, -0.05) is 161 Å². The van der Waals surface area contributed by atoms with Crippen LogP contribution in [-0.4, -0.2) is 19.9 Å². The molecule has 0 spiro atoms. The van der Waals surface area contributed by atoms with E-state index < -0.39 is 0 Å². The second-order valence-corrected chi connectivity index (χ2v) is 16.2. The van der Waals surface area contributed by atoms with E-state index in [0.717, 1.165) is 110 Å². The molecular weight excluding hydrogens is 952 g/mol. The van der Waals surface area contributed by atoms with Crippen molar-refractivity contribution in [3.8, 4) is 0 Å². The standard InChI is InChI=1S/C48H36Br4N4/c49-25-29-1-9-33(10-2-29)45-37-17-19-39(53-37)46(34-11-3-30(26-50)4-12-34)41-21-23-43(55-41)48(36-15-7-32(28-52)8-16-36)44-24-22-42(56-44)47(40-20-18-38(45)54-40)35-13-5-31(27-51)6-14-35/h1-24,53-56H,25-28H2. The lowest BCUT2D eigenvalue weighted by Crippen LogP contribution is -2.19. The maximum Gasteiger partial charge on any atom is 0.0485 e. The minimum absolute atomic E-state index is 0.803. The summed E-state index contributed by atoms with van der Waals surface area (Å²) in [4.78, 5) is 15.6. The van der Waals surface area contributed by atoms with Gasteiger partial charge in [-0.05, 0) is 93.0 Å². The number of hydrogen-bond donors (Lipinski definition) is 4. The fourth-order valence-corrected chi connectivity index (χ4v) is 9.11. The van der Waals surface area contributed by atoms with Crippen LogP contribution in [0.2, 0.25) is 0 Å². The molecule has 1 aliphatic heterocycles. The summed E-state index contributed by atoms with van der Waals surface area (Å²) in [6, 6.07) is 53.0. The van der Waals surface area contributed by atoms with Gasteiger partial charge in [0.05, 0.1) is 0 Å². The number of aromatic nitrogens is 4. The molecule has 0 saturated heterocycles. The van der Waals surface area contributed by atoms with E-state index in [2.05, 4.69) is 229 Å². The highest BCUT2D eigenvalue weighted by molar-refractivity contribution is 9.09. The number of halogens is 4. The summed E-state index contributed by atoms with van der Waals surface area (Å²) in [5.74, 6) is 0. The number of aromatic amines is 4. The van der Waals surface area contributed by atoms with Crippen molar-refractivity contribution in [2.24, 2.45) is 0 Å². The van der Waals surface area contributed by atoms with E-state index in [1.807, 2.05) is 0 Å². The summed E-state index contributed by atoms with van der Waals surface area (Å²) in [6.07, 6.45) is 0. The molecule has 276 valence electrons. The molecule has 4 aromatic heterocycles. The first-order valence-corrected chi connectivity index (χ1v) is 22.9. The molecule has 8 bridgehead atoms. The number of H-pyrrole nitrogens is 4. The first kappa shape index (κ1) is 37.0. The normalized spacial score (nSPS) is 12.8. The molecule has 5 heterocycles. The lowest BCUT2D eigenvalue weighted by atomic mass is 10.0. The van der Waals surface area contributed by atoms with Gasteiger partial charge in [0.2, 0.25) is 0 Å². The van der Waals surface area contributed by atoms with Crippen LogP contribution in [0.25, 0.3) is 22.3 Å². The highest BCUT2D eigenvalue weighted by Gasteiger charge is 2.18. The van der Waals surface area contributed by atoms with Gasteiger partial charge in [-0.3, -0.25) is 0 Å². The Morgan fingerprint density at radius 2 is 0.464 bits per heavy atom. The molecule has 0 aliphatic carbocycles. The van der Waals surface area contributed by atoms with Gasteiger partial charge < -0.3 is 19.9 Å². The predicted molar refractivity (Wildman–Crippen MR) is 244 cm³/mol.